The van der Waals surface area contributed by atoms with Crippen molar-refractivity contribution in [1.82, 2.24) is 15.1 Å². The fourth-order valence-corrected chi connectivity index (χ4v) is 5.00. The Balaban J connectivity index is 1.12. The monoisotopic (exact) mass is 580 g/mol. The van der Waals surface area contributed by atoms with Crippen molar-refractivity contribution in [3.05, 3.63) is 79.0 Å². The standard InChI is InChI=1S/C33H32N4O6/c1-39-29-19-25-27(20-30(29)40-18-16-26(34)33(38)42-23-9-5-6-10-23)35-17-15-28(25)41-24-13-11-21(12-14-24)31-36-32(43-37-31)22-7-3-2-4-8-22/h2-4,7-8,11-15,17,19-20,23,26H,5-6,9-10,16,18,34H2,1H3/t26-/m0/s1. The first-order valence-electron chi connectivity index (χ1n) is 14.3. The van der Waals surface area contributed by atoms with Crippen molar-refractivity contribution in [1.29, 1.82) is 0 Å². The van der Waals surface area contributed by atoms with Crippen molar-refractivity contribution in [2.75, 3.05) is 13.7 Å². The summed E-state index contributed by atoms with van der Waals surface area (Å²) in [6.45, 7) is 0.221. The number of methoxy groups -OCH3 is 1. The first-order valence-corrected chi connectivity index (χ1v) is 14.3. The number of benzene rings is 3. The van der Waals surface area contributed by atoms with E-state index in [1.807, 2.05) is 60.7 Å². The molecular weight excluding hydrogens is 548 g/mol. The Morgan fingerprint density at radius 1 is 0.977 bits per heavy atom. The maximum Gasteiger partial charge on any atom is 0.323 e. The van der Waals surface area contributed by atoms with Crippen LogP contribution in [0.3, 0.4) is 0 Å². The molecule has 0 spiro atoms. The van der Waals surface area contributed by atoms with Crippen LogP contribution in [0.2, 0.25) is 0 Å². The summed E-state index contributed by atoms with van der Waals surface area (Å²) < 4.78 is 28.7. The van der Waals surface area contributed by atoms with E-state index in [9.17, 15) is 4.79 Å². The van der Waals surface area contributed by atoms with Gasteiger partial charge < -0.3 is 29.2 Å². The lowest BCUT2D eigenvalue weighted by Crippen LogP contribution is -2.35. The van der Waals surface area contributed by atoms with Gasteiger partial charge in [-0.3, -0.25) is 9.78 Å². The molecule has 0 bridgehead atoms. The first kappa shape index (κ1) is 28.2. The Labute approximate surface area is 248 Å². The van der Waals surface area contributed by atoms with E-state index < -0.39 is 6.04 Å². The molecule has 0 radical (unpaired) electrons. The summed E-state index contributed by atoms with van der Waals surface area (Å²) in [5.74, 6) is 2.80. The van der Waals surface area contributed by atoms with Crippen molar-refractivity contribution < 1.29 is 28.3 Å². The molecule has 43 heavy (non-hydrogen) atoms. The van der Waals surface area contributed by atoms with Gasteiger partial charge in [-0.25, -0.2) is 0 Å². The molecule has 2 aromatic heterocycles. The number of fused-ring (bicyclic) bond motifs is 1. The molecule has 2 N–H and O–H groups in total. The molecule has 6 rings (SSSR count). The number of pyridine rings is 1. The van der Waals surface area contributed by atoms with Crippen molar-refractivity contribution in [3.8, 4) is 45.8 Å². The van der Waals surface area contributed by atoms with Crippen molar-refractivity contribution in [3.63, 3.8) is 0 Å². The van der Waals surface area contributed by atoms with Crippen LogP contribution >= 0.6 is 0 Å². The number of rotatable bonds is 11. The first-order chi connectivity index (χ1) is 21.1. The molecule has 1 saturated carbocycles. The predicted octanol–water partition coefficient (Wildman–Crippen LogP) is 6.33. The highest BCUT2D eigenvalue weighted by Crippen LogP contribution is 2.37. The molecule has 1 atom stereocenters. The maximum absolute atomic E-state index is 12.3. The lowest BCUT2D eigenvalue weighted by molar-refractivity contribution is -0.150. The summed E-state index contributed by atoms with van der Waals surface area (Å²) in [4.78, 5) is 21.3. The minimum atomic E-state index is -0.748. The zero-order chi connectivity index (χ0) is 29.6. The zero-order valence-corrected chi connectivity index (χ0v) is 23.8. The Bertz CT molecular complexity index is 1680. The maximum atomic E-state index is 12.3. The van der Waals surface area contributed by atoms with E-state index in [0.717, 1.165) is 42.2 Å². The average molecular weight is 581 g/mol. The minimum Gasteiger partial charge on any atom is -0.493 e. The Morgan fingerprint density at radius 2 is 1.77 bits per heavy atom. The second kappa shape index (κ2) is 12.9. The van der Waals surface area contributed by atoms with Gasteiger partial charge in [0.05, 0.1) is 19.2 Å². The van der Waals surface area contributed by atoms with Gasteiger partial charge in [0.1, 0.15) is 23.6 Å². The van der Waals surface area contributed by atoms with Gasteiger partial charge in [0.15, 0.2) is 11.5 Å². The predicted molar refractivity (Wildman–Crippen MR) is 160 cm³/mol. The molecule has 0 aliphatic heterocycles. The largest absolute Gasteiger partial charge is 0.493 e. The molecule has 1 aliphatic rings. The van der Waals surface area contributed by atoms with E-state index in [1.54, 1.807) is 25.4 Å². The van der Waals surface area contributed by atoms with E-state index in [-0.39, 0.29) is 18.7 Å². The Morgan fingerprint density at radius 3 is 2.53 bits per heavy atom. The van der Waals surface area contributed by atoms with E-state index in [4.69, 9.17) is 29.2 Å². The highest BCUT2D eigenvalue weighted by molar-refractivity contribution is 5.88. The molecular formula is C33H32N4O6. The molecule has 1 aliphatic carbocycles. The van der Waals surface area contributed by atoms with Crippen LogP contribution in [0.5, 0.6) is 23.0 Å². The van der Waals surface area contributed by atoms with Crippen LogP contribution in [0.1, 0.15) is 32.1 Å². The number of hydrogen-bond donors (Lipinski definition) is 1. The molecule has 0 saturated heterocycles. The molecule has 3 aromatic carbocycles. The average Bonchev–Trinajstić information content (AvgIpc) is 3.75. The smallest absolute Gasteiger partial charge is 0.323 e. The second-order valence-corrected chi connectivity index (χ2v) is 10.3. The van der Waals surface area contributed by atoms with Crippen molar-refractivity contribution >= 4 is 16.9 Å². The Kier molecular flexibility index (Phi) is 8.46. The van der Waals surface area contributed by atoms with Crippen LogP contribution in [0.25, 0.3) is 33.7 Å². The molecule has 220 valence electrons. The molecule has 0 unspecified atom stereocenters. The van der Waals surface area contributed by atoms with Gasteiger partial charge >= 0.3 is 5.97 Å². The number of hydrogen-bond acceptors (Lipinski definition) is 10. The number of esters is 1. The quantitative estimate of drug-likeness (QED) is 0.177. The fraction of sp³-hybridized carbons (Fsp3) is 0.273. The van der Waals surface area contributed by atoms with Crippen molar-refractivity contribution in [2.24, 2.45) is 5.73 Å². The van der Waals surface area contributed by atoms with Gasteiger partial charge in [0.25, 0.3) is 5.89 Å². The summed E-state index contributed by atoms with van der Waals surface area (Å²) in [7, 11) is 1.56. The van der Waals surface area contributed by atoms with Gasteiger partial charge in [-0.05, 0) is 74.2 Å². The van der Waals surface area contributed by atoms with Crippen LogP contribution in [0, 0.1) is 0 Å². The number of nitrogens with zero attached hydrogens (tertiary/aromatic N) is 3. The van der Waals surface area contributed by atoms with Crippen LogP contribution in [-0.2, 0) is 9.53 Å². The number of carbonyl (C=O) groups excluding carboxylic acids is 1. The molecule has 5 aromatic rings. The highest BCUT2D eigenvalue weighted by Gasteiger charge is 2.23. The lowest BCUT2D eigenvalue weighted by Gasteiger charge is -2.17. The van der Waals surface area contributed by atoms with Gasteiger partial charge in [-0.15, -0.1) is 0 Å². The molecule has 0 amide bonds. The second-order valence-electron chi connectivity index (χ2n) is 10.3. The third-order valence-corrected chi connectivity index (χ3v) is 7.35. The van der Waals surface area contributed by atoms with E-state index >= 15 is 0 Å². The van der Waals surface area contributed by atoms with Crippen LogP contribution in [0.4, 0.5) is 0 Å². The van der Waals surface area contributed by atoms with Gasteiger partial charge in [0.2, 0.25) is 5.82 Å². The van der Waals surface area contributed by atoms with E-state index in [0.29, 0.717) is 46.7 Å². The van der Waals surface area contributed by atoms with E-state index in [1.165, 1.54) is 0 Å². The molecule has 1 fully saturated rings. The lowest BCUT2D eigenvalue weighted by atomic mass is 10.1. The van der Waals surface area contributed by atoms with Gasteiger partial charge in [-0.1, -0.05) is 23.4 Å². The summed E-state index contributed by atoms with van der Waals surface area (Å²) in [6.07, 6.45) is 5.95. The zero-order valence-electron chi connectivity index (χ0n) is 23.8. The highest BCUT2D eigenvalue weighted by atomic mass is 16.5. The minimum absolute atomic E-state index is 0.0147. The van der Waals surface area contributed by atoms with Crippen LogP contribution in [0.15, 0.2) is 83.5 Å². The van der Waals surface area contributed by atoms with E-state index in [2.05, 4.69) is 15.1 Å². The van der Waals surface area contributed by atoms with Gasteiger partial charge in [0, 0.05) is 35.2 Å². The third kappa shape index (κ3) is 6.60. The summed E-state index contributed by atoms with van der Waals surface area (Å²) >= 11 is 0. The third-order valence-electron chi connectivity index (χ3n) is 7.35. The normalized spacial score (nSPS) is 14.0. The van der Waals surface area contributed by atoms with Crippen molar-refractivity contribution in [2.45, 2.75) is 44.2 Å². The Hall–Kier alpha value is -4.96. The van der Waals surface area contributed by atoms with Gasteiger partial charge in [-0.2, -0.15) is 4.98 Å². The summed E-state index contributed by atoms with van der Waals surface area (Å²) in [6, 6.07) is 21.7. The number of aromatic nitrogens is 3. The van der Waals surface area contributed by atoms with Crippen LogP contribution in [-0.4, -0.2) is 47.0 Å². The SMILES string of the molecule is COc1cc2c(Oc3ccc(-c4noc(-c5ccccc5)n4)cc3)ccnc2cc1OCC[C@H](N)C(=O)OC1CCCC1. The topological polar surface area (TPSA) is 132 Å². The molecule has 10 heteroatoms. The summed E-state index contributed by atoms with van der Waals surface area (Å²) in [5.41, 5.74) is 8.37. The molecule has 10 nitrogen and oxygen atoms in total. The van der Waals surface area contributed by atoms with Crippen LogP contribution < -0.4 is 19.9 Å². The number of nitrogens with two attached hydrogens (primary N) is 1. The number of ether oxygens (including phenoxy) is 4. The fourth-order valence-electron chi connectivity index (χ4n) is 5.00. The number of carbonyl (C=O) groups is 1. The summed E-state index contributed by atoms with van der Waals surface area (Å²) in [5, 5.41) is 4.86. The molecule has 2 heterocycles.